The van der Waals surface area contributed by atoms with Gasteiger partial charge in [-0.15, -0.1) is 0 Å². The molecule has 0 aromatic heterocycles. The zero-order chi connectivity index (χ0) is 19.3. The summed E-state index contributed by atoms with van der Waals surface area (Å²) in [5.74, 6) is -1.41. The van der Waals surface area contributed by atoms with E-state index >= 15 is 0 Å². The third kappa shape index (κ3) is 5.11. The molecule has 1 aliphatic heterocycles. The van der Waals surface area contributed by atoms with Gasteiger partial charge in [0.15, 0.2) is 0 Å². The molecule has 7 nitrogen and oxygen atoms in total. The van der Waals surface area contributed by atoms with E-state index in [0.29, 0.717) is 0 Å². The molecule has 1 aromatic carbocycles. The first-order valence-electron chi connectivity index (χ1n) is 7.89. The van der Waals surface area contributed by atoms with Gasteiger partial charge in [0, 0.05) is 38.3 Å². The Balaban J connectivity index is 1.86. The zero-order valence-electron chi connectivity index (χ0n) is 13.8. The van der Waals surface area contributed by atoms with Gasteiger partial charge in [0.1, 0.15) is 0 Å². The topological polar surface area (TPSA) is 89.9 Å². The van der Waals surface area contributed by atoms with Gasteiger partial charge in [-0.05, 0) is 24.3 Å². The number of amides is 3. The second-order valence-electron chi connectivity index (χ2n) is 5.73. The Bertz CT molecular complexity index is 668. The Morgan fingerprint density at radius 3 is 2.04 bits per heavy atom. The van der Waals surface area contributed by atoms with Gasteiger partial charge in [-0.2, -0.15) is 13.2 Å². The molecule has 3 amide bonds. The van der Waals surface area contributed by atoms with Crippen LogP contribution in [-0.4, -0.2) is 65.5 Å². The van der Waals surface area contributed by atoms with Gasteiger partial charge in [-0.1, -0.05) is 0 Å². The summed E-state index contributed by atoms with van der Waals surface area (Å²) in [5.41, 5.74) is -0.672. The van der Waals surface area contributed by atoms with Crippen LogP contribution < -0.4 is 5.32 Å². The van der Waals surface area contributed by atoms with Gasteiger partial charge in [0.25, 0.3) is 5.91 Å². The van der Waals surface area contributed by atoms with Gasteiger partial charge >= 0.3 is 18.2 Å². The largest absolute Gasteiger partial charge is 0.481 e. The molecule has 0 unspecified atom stereocenters. The molecule has 0 bridgehead atoms. The number of aliphatic carboxylic acids is 1. The van der Waals surface area contributed by atoms with E-state index in [2.05, 4.69) is 5.32 Å². The van der Waals surface area contributed by atoms with Crippen molar-refractivity contribution in [1.82, 2.24) is 15.1 Å². The number of alkyl halides is 3. The molecule has 10 heteroatoms. The van der Waals surface area contributed by atoms with Crippen LogP contribution in [0.4, 0.5) is 18.0 Å². The molecule has 2 N–H and O–H groups in total. The van der Waals surface area contributed by atoms with Crippen molar-refractivity contribution in [1.29, 1.82) is 0 Å². The van der Waals surface area contributed by atoms with Crippen LogP contribution in [0.25, 0.3) is 0 Å². The average Bonchev–Trinajstić information content (AvgIpc) is 2.60. The molecule has 1 fully saturated rings. The number of carbonyl (C=O) groups excluding carboxylic acids is 2. The number of nitrogens with one attached hydrogen (secondary N) is 1. The van der Waals surface area contributed by atoms with Crippen LogP contribution in [0.2, 0.25) is 0 Å². The number of hydrogen-bond acceptors (Lipinski definition) is 3. The number of halogens is 3. The third-order valence-electron chi connectivity index (χ3n) is 3.93. The summed E-state index contributed by atoms with van der Waals surface area (Å²) in [6.07, 6.45) is -4.64. The highest BCUT2D eigenvalue weighted by atomic mass is 19.4. The lowest BCUT2D eigenvalue weighted by Gasteiger charge is -2.34. The van der Waals surface area contributed by atoms with E-state index in [0.717, 1.165) is 24.3 Å². The molecule has 0 aliphatic carbocycles. The number of benzene rings is 1. The first-order valence-corrected chi connectivity index (χ1v) is 7.89. The fourth-order valence-electron chi connectivity index (χ4n) is 2.49. The van der Waals surface area contributed by atoms with Crippen molar-refractivity contribution < 1.29 is 32.7 Å². The third-order valence-corrected chi connectivity index (χ3v) is 3.93. The van der Waals surface area contributed by atoms with Gasteiger partial charge < -0.3 is 20.2 Å². The second-order valence-corrected chi connectivity index (χ2v) is 5.73. The molecule has 1 aromatic rings. The maximum atomic E-state index is 12.6. The summed E-state index contributed by atoms with van der Waals surface area (Å²) in [5, 5.41) is 11.0. The fourth-order valence-corrected chi connectivity index (χ4v) is 2.49. The Morgan fingerprint density at radius 2 is 1.54 bits per heavy atom. The summed E-state index contributed by atoms with van der Waals surface area (Å²) in [6, 6.07) is 3.58. The minimum Gasteiger partial charge on any atom is -0.481 e. The average molecular weight is 373 g/mol. The number of piperazine rings is 1. The van der Waals surface area contributed by atoms with Crippen LogP contribution >= 0.6 is 0 Å². The van der Waals surface area contributed by atoms with Crippen molar-refractivity contribution in [2.45, 2.75) is 12.6 Å². The number of rotatable bonds is 4. The maximum Gasteiger partial charge on any atom is 0.416 e. The van der Waals surface area contributed by atoms with E-state index in [1.54, 1.807) is 0 Å². The highest BCUT2D eigenvalue weighted by Gasteiger charge is 2.31. The zero-order valence-corrected chi connectivity index (χ0v) is 13.8. The summed E-state index contributed by atoms with van der Waals surface area (Å²) >= 11 is 0. The van der Waals surface area contributed by atoms with Crippen LogP contribution in [0.3, 0.4) is 0 Å². The maximum absolute atomic E-state index is 12.6. The normalized spacial score (nSPS) is 14.9. The first-order chi connectivity index (χ1) is 12.2. The lowest BCUT2D eigenvalue weighted by molar-refractivity contribution is -0.138. The number of urea groups is 1. The minimum atomic E-state index is -4.46. The molecule has 0 radical (unpaired) electrons. The number of carbonyl (C=O) groups is 3. The Hall–Kier alpha value is -2.78. The van der Waals surface area contributed by atoms with E-state index in [4.69, 9.17) is 5.11 Å². The van der Waals surface area contributed by atoms with E-state index < -0.39 is 29.6 Å². The molecule has 1 aliphatic rings. The molecular weight excluding hydrogens is 355 g/mol. The van der Waals surface area contributed by atoms with Crippen LogP contribution in [0.5, 0.6) is 0 Å². The molecule has 0 atom stereocenters. The predicted octanol–water partition coefficient (Wildman–Crippen LogP) is 1.65. The van der Waals surface area contributed by atoms with Crippen molar-refractivity contribution in [2.24, 2.45) is 0 Å². The Kier molecular flexibility index (Phi) is 6.06. The quantitative estimate of drug-likeness (QED) is 0.840. The van der Waals surface area contributed by atoms with E-state index in [1.165, 1.54) is 9.80 Å². The van der Waals surface area contributed by atoms with Crippen LogP contribution in [0, 0.1) is 0 Å². The summed E-state index contributed by atoms with van der Waals surface area (Å²) in [6.45, 7) is 1.01. The van der Waals surface area contributed by atoms with Gasteiger partial charge in [0.2, 0.25) is 0 Å². The van der Waals surface area contributed by atoms with Crippen molar-refractivity contribution in [3.05, 3.63) is 35.4 Å². The number of nitrogens with zero attached hydrogens (tertiary/aromatic N) is 2. The van der Waals surface area contributed by atoms with Crippen molar-refractivity contribution in [2.75, 3.05) is 32.7 Å². The monoisotopic (exact) mass is 373 g/mol. The highest BCUT2D eigenvalue weighted by Crippen LogP contribution is 2.29. The first kappa shape index (κ1) is 19.5. The predicted molar refractivity (Wildman–Crippen MR) is 84.6 cm³/mol. The summed E-state index contributed by atoms with van der Waals surface area (Å²) in [7, 11) is 0. The smallest absolute Gasteiger partial charge is 0.416 e. The molecule has 26 heavy (non-hydrogen) atoms. The number of hydrogen-bond donors (Lipinski definition) is 2. The summed E-state index contributed by atoms with van der Waals surface area (Å²) in [4.78, 5) is 37.5. The SMILES string of the molecule is O=C(O)CCNC(=O)N1CCN(C(=O)c2ccc(C(F)(F)F)cc2)CC1. The van der Waals surface area contributed by atoms with Crippen molar-refractivity contribution in [3.8, 4) is 0 Å². The number of carboxylic acids is 1. The van der Waals surface area contributed by atoms with E-state index in [9.17, 15) is 27.6 Å². The summed E-state index contributed by atoms with van der Waals surface area (Å²) < 4.78 is 37.7. The van der Waals surface area contributed by atoms with Gasteiger partial charge in [-0.3, -0.25) is 9.59 Å². The molecular formula is C16H18F3N3O4. The van der Waals surface area contributed by atoms with Crippen LogP contribution in [0.1, 0.15) is 22.3 Å². The lowest BCUT2D eigenvalue weighted by atomic mass is 10.1. The number of carboxylic acid groups (broad SMARTS) is 1. The van der Waals surface area contributed by atoms with Crippen molar-refractivity contribution in [3.63, 3.8) is 0 Å². The molecule has 0 saturated carbocycles. The molecule has 1 saturated heterocycles. The highest BCUT2D eigenvalue weighted by molar-refractivity contribution is 5.94. The van der Waals surface area contributed by atoms with E-state index in [1.807, 2.05) is 0 Å². The molecule has 2 rings (SSSR count). The minimum absolute atomic E-state index is 0.0128. The molecule has 0 spiro atoms. The molecule has 1 heterocycles. The van der Waals surface area contributed by atoms with E-state index in [-0.39, 0.29) is 44.7 Å². The van der Waals surface area contributed by atoms with Gasteiger partial charge in [-0.25, -0.2) is 4.79 Å². The van der Waals surface area contributed by atoms with Crippen LogP contribution in [0.15, 0.2) is 24.3 Å². The second kappa shape index (κ2) is 8.07. The van der Waals surface area contributed by atoms with Gasteiger partial charge in [0.05, 0.1) is 12.0 Å². The van der Waals surface area contributed by atoms with Crippen molar-refractivity contribution >= 4 is 17.9 Å². The standard InChI is InChI=1S/C16H18F3N3O4/c17-16(18,19)12-3-1-11(2-4-12)14(25)21-7-9-22(10-8-21)15(26)20-6-5-13(23)24/h1-4H,5-10H2,(H,20,26)(H,23,24). The fraction of sp³-hybridized carbons (Fsp3) is 0.438. The lowest BCUT2D eigenvalue weighted by Crippen LogP contribution is -2.53. The Morgan fingerprint density at radius 1 is 1.00 bits per heavy atom. The molecule has 142 valence electrons. The van der Waals surface area contributed by atoms with Crippen LogP contribution in [-0.2, 0) is 11.0 Å². The Labute approximate surface area is 147 Å².